The van der Waals surface area contributed by atoms with Crippen LogP contribution in [0.3, 0.4) is 0 Å². The second kappa shape index (κ2) is 8.53. The Labute approximate surface area is 174 Å². The van der Waals surface area contributed by atoms with Gasteiger partial charge in [-0.05, 0) is 25.8 Å². The largest absolute Gasteiger partial charge is 0.478 e. The Morgan fingerprint density at radius 3 is 2.69 bits per heavy atom. The van der Waals surface area contributed by atoms with Crippen molar-refractivity contribution >= 4 is 28.3 Å². The molecule has 0 radical (unpaired) electrons. The van der Waals surface area contributed by atoms with Crippen LogP contribution in [0.15, 0.2) is 35.8 Å². The number of thiazole rings is 1. The molecule has 1 aliphatic heterocycles. The molecule has 1 saturated carbocycles. The van der Waals surface area contributed by atoms with Crippen LogP contribution in [0.2, 0.25) is 0 Å². The number of fused-ring (bicyclic) bond motifs is 1. The molecule has 0 saturated heterocycles. The highest BCUT2D eigenvalue weighted by molar-refractivity contribution is 7.13. The van der Waals surface area contributed by atoms with Gasteiger partial charge in [-0.3, -0.25) is 9.69 Å². The highest BCUT2D eigenvalue weighted by Crippen LogP contribution is 2.38. The van der Waals surface area contributed by atoms with Crippen LogP contribution in [-0.2, 0) is 14.3 Å². The highest BCUT2D eigenvalue weighted by atomic mass is 32.1. The molecule has 154 valence electrons. The lowest BCUT2D eigenvalue weighted by atomic mass is 9.94. The number of hydrogen-bond donors (Lipinski definition) is 0. The predicted octanol–water partition coefficient (Wildman–Crippen LogP) is 4.31. The van der Waals surface area contributed by atoms with Crippen LogP contribution in [0.5, 0.6) is 5.75 Å². The number of anilines is 1. The Morgan fingerprint density at radius 2 is 2.00 bits per heavy atom. The van der Waals surface area contributed by atoms with Gasteiger partial charge in [0, 0.05) is 29.1 Å². The molecule has 7 heteroatoms. The Bertz CT molecular complexity index is 863. The van der Waals surface area contributed by atoms with Gasteiger partial charge >= 0.3 is 5.97 Å². The smallest absolute Gasteiger partial charge is 0.348 e. The maximum absolute atomic E-state index is 13.3. The van der Waals surface area contributed by atoms with Gasteiger partial charge in [0.1, 0.15) is 5.75 Å². The highest BCUT2D eigenvalue weighted by Gasteiger charge is 2.40. The van der Waals surface area contributed by atoms with Crippen LogP contribution in [0.4, 0.5) is 5.13 Å². The first kappa shape index (κ1) is 19.9. The van der Waals surface area contributed by atoms with E-state index in [2.05, 4.69) is 4.98 Å². The molecule has 0 N–H and O–H groups in total. The lowest BCUT2D eigenvalue weighted by Crippen LogP contribution is -2.48. The Balaban J connectivity index is 1.46. The molecule has 4 rings (SSSR count). The fourth-order valence-corrected chi connectivity index (χ4v) is 4.93. The minimum Gasteiger partial charge on any atom is -0.478 e. The summed E-state index contributed by atoms with van der Waals surface area (Å²) in [5.74, 6) is -0.136. The number of ether oxygens (including phenoxy) is 2. The van der Waals surface area contributed by atoms with Crippen LogP contribution in [0.25, 0.3) is 0 Å². The van der Waals surface area contributed by atoms with E-state index in [-0.39, 0.29) is 17.9 Å². The predicted molar refractivity (Wildman–Crippen MR) is 111 cm³/mol. The van der Waals surface area contributed by atoms with E-state index in [0.29, 0.717) is 10.9 Å². The van der Waals surface area contributed by atoms with Crippen molar-refractivity contribution < 1.29 is 19.1 Å². The summed E-state index contributed by atoms with van der Waals surface area (Å²) >= 11 is 1.44. The number of para-hydroxylation sites is 1. The van der Waals surface area contributed by atoms with Crippen LogP contribution < -0.4 is 9.64 Å². The number of carbonyl (C=O) groups is 2. The standard InChI is InChI=1S/C22H26N2O4S/c1-14-17-10-6-7-11-18(17)28-19(14)21(26)27-15(2)20(25)24(22-23-12-13-29-22)16-8-4-3-5-9-16/h6-7,10-16,19H,3-5,8-9H2,1-2H3/t14-,15?,19+/m0/s1. The molecule has 1 amide bonds. The first-order valence-corrected chi connectivity index (χ1v) is 11.1. The van der Waals surface area contributed by atoms with E-state index in [1.165, 1.54) is 17.8 Å². The molecule has 1 aromatic heterocycles. The summed E-state index contributed by atoms with van der Waals surface area (Å²) in [6.45, 7) is 3.57. The van der Waals surface area contributed by atoms with Gasteiger partial charge in [0.05, 0.1) is 0 Å². The topological polar surface area (TPSA) is 68.7 Å². The SMILES string of the molecule is CC(OC(=O)[C@@H]1Oc2ccccc2[C@@H]1C)C(=O)N(c1nccs1)C1CCCCC1. The van der Waals surface area contributed by atoms with E-state index in [0.717, 1.165) is 31.2 Å². The van der Waals surface area contributed by atoms with Gasteiger partial charge in [-0.15, -0.1) is 11.3 Å². The second-order valence-corrected chi connectivity index (χ2v) is 8.63. The molecule has 2 aromatic rings. The summed E-state index contributed by atoms with van der Waals surface area (Å²) in [5, 5.41) is 2.53. The van der Waals surface area contributed by atoms with Crippen molar-refractivity contribution in [3.63, 3.8) is 0 Å². The first-order valence-electron chi connectivity index (χ1n) is 10.2. The molecule has 2 aliphatic rings. The van der Waals surface area contributed by atoms with Gasteiger partial charge < -0.3 is 9.47 Å². The lowest BCUT2D eigenvalue weighted by molar-refractivity contribution is -0.161. The quantitative estimate of drug-likeness (QED) is 0.682. The molecule has 3 atom stereocenters. The lowest BCUT2D eigenvalue weighted by Gasteiger charge is -2.34. The van der Waals surface area contributed by atoms with Gasteiger partial charge in [0.25, 0.3) is 5.91 Å². The molecule has 0 spiro atoms. The normalized spacial score (nSPS) is 22.4. The van der Waals surface area contributed by atoms with Crippen molar-refractivity contribution in [3.8, 4) is 5.75 Å². The van der Waals surface area contributed by atoms with Crippen LogP contribution in [0, 0.1) is 0 Å². The number of benzene rings is 1. The van der Waals surface area contributed by atoms with Crippen molar-refractivity contribution in [1.29, 1.82) is 0 Å². The van der Waals surface area contributed by atoms with Crippen LogP contribution in [0.1, 0.15) is 57.4 Å². The average molecular weight is 415 g/mol. The second-order valence-electron chi connectivity index (χ2n) is 7.76. The number of esters is 1. The third kappa shape index (κ3) is 4.01. The van der Waals surface area contributed by atoms with Crippen LogP contribution >= 0.6 is 11.3 Å². The molecule has 2 heterocycles. The molecule has 1 aliphatic carbocycles. The van der Waals surface area contributed by atoms with Gasteiger partial charge in [0.15, 0.2) is 11.2 Å². The van der Waals surface area contributed by atoms with Gasteiger partial charge in [-0.25, -0.2) is 9.78 Å². The molecule has 0 bridgehead atoms. The van der Waals surface area contributed by atoms with E-state index >= 15 is 0 Å². The van der Waals surface area contributed by atoms with E-state index < -0.39 is 18.2 Å². The molecule has 29 heavy (non-hydrogen) atoms. The van der Waals surface area contributed by atoms with Crippen molar-refractivity contribution in [2.75, 3.05) is 4.90 Å². The maximum atomic E-state index is 13.3. The zero-order valence-corrected chi connectivity index (χ0v) is 17.6. The first-order chi connectivity index (χ1) is 14.1. The fourth-order valence-electron chi connectivity index (χ4n) is 4.21. The molecular formula is C22H26N2O4S. The van der Waals surface area contributed by atoms with Gasteiger partial charge in [-0.2, -0.15) is 0 Å². The Morgan fingerprint density at radius 1 is 1.24 bits per heavy atom. The summed E-state index contributed by atoms with van der Waals surface area (Å²) in [6.07, 6.45) is 5.36. The summed E-state index contributed by atoms with van der Waals surface area (Å²) in [6, 6.07) is 7.71. The number of hydrogen-bond acceptors (Lipinski definition) is 6. The Kier molecular flexibility index (Phi) is 5.85. The zero-order valence-electron chi connectivity index (χ0n) is 16.7. The number of rotatable bonds is 5. The Hall–Kier alpha value is -2.41. The zero-order chi connectivity index (χ0) is 20.4. The minimum atomic E-state index is -0.896. The molecule has 1 unspecified atom stereocenters. The van der Waals surface area contributed by atoms with Crippen molar-refractivity contribution in [1.82, 2.24) is 4.98 Å². The maximum Gasteiger partial charge on any atom is 0.348 e. The van der Waals surface area contributed by atoms with Crippen molar-refractivity contribution in [2.45, 2.75) is 70.1 Å². The van der Waals surface area contributed by atoms with Gasteiger partial charge in [-0.1, -0.05) is 44.4 Å². The van der Waals surface area contributed by atoms with Crippen LogP contribution in [-0.4, -0.2) is 35.1 Å². The number of carbonyl (C=O) groups excluding carboxylic acids is 2. The van der Waals surface area contributed by atoms with E-state index in [4.69, 9.17) is 9.47 Å². The fraction of sp³-hybridized carbons (Fsp3) is 0.500. The van der Waals surface area contributed by atoms with Gasteiger partial charge in [0.2, 0.25) is 6.10 Å². The molecule has 1 fully saturated rings. The van der Waals surface area contributed by atoms with Crippen molar-refractivity contribution in [2.24, 2.45) is 0 Å². The summed E-state index contributed by atoms with van der Waals surface area (Å²) in [5.41, 5.74) is 0.986. The third-order valence-electron chi connectivity index (χ3n) is 5.79. The minimum absolute atomic E-state index is 0.106. The molecule has 1 aromatic carbocycles. The summed E-state index contributed by atoms with van der Waals surface area (Å²) in [7, 11) is 0. The van der Waals surface area contributed by atoms with E-state index in [1.54, 1.807) is 18.0 Å². The van der Waals surface area contributed by atoms with E-state index in [1.807, 2.05) is 36.6 Å². The number of aromatic nitrogens is 1. The molecular weight excluding hydrogens is 388 g/mol. The summed E-state index contributed by atoms with van der Waals surface area (Å²) < 4.78 is 11.4. The number of nitrogens with zero attached hydrogens (tertiary/aromatic N) is 2. The summed E-state index contributed by atoms with van der Waals surface area (Å²) in [4.78, 5) is 32.2. The van der Waals surface area contributed by atoms with E-state index in [9.17, 15) is 9.59 Å². The molecule has 6 nitrogen and oxygen atoms in total. The average Bonchev–Trinajstić information content (AvgIpc) is 3.38. The third-order valence-corrected chi connectivity index (χ3v) is 6.56. The monoisotopic (exact) mass is 414 g/mol. The number of amides is 1. The van der Waals surface area contributed by atoms with Crippen molar-refractivity contribution in [3.05, 3.63) is 41.4 Å².